The van der Waals surface area contributed by atoms with Crippen LogP contribution in [0.5, 0.6) is 11.5 Å². The molecule has 0 aliphatic heterocycles. The van der Waals surface area contributed by atoms with Crippen LogP contribution in [0.1, 0.15) is 0 Å². The van der Waals surface area contributed by atoms with E-state index in [9.17, 15) is 5.11 Å². The number of benzene rings is 5. The molecule has 0 heterocycles. The van der Waals surface area contributed by atoms with Gasteiger partial charge in [-0.15, -0.1) is 0 Å². The van der Waals surface area contributed by atoms with Gasteiger partial charge < -0.3 is 14.6 Å². The van der Waals surface area contributed by atoms with Gasteiger partial charge in [-0.25, -0.2) is 0 Å². The molecule has 0 spiro atoms. The summed E-state index contributed by atoms with van der Waals surface area (Å²) in [5.41, 5.74) is 0. The first-order chi connectivity index (χ1) is 15.2. The molecular weight excluding hydrogens is 452 g/mol. The molecule has 5 aromatic carbocycles. The second kappa shape index (κ2) is 8.58. The minimum atomic E-state index is -0.764. The molecule has 1 N–H and O–H groups in total. The summed E-state index contributed by atoms with van der Waals surface area (Å²) < 4.78 is 13.1. The van der Waals surface area contributed by atoms with Gasteiger partial charge in [0, 0.05) is 20.6 Å². The second-order valence-corrected chi connectivity index (χ2v) is 8.46. The van der Waals surface area contributed by atoms with Gasteiger partial charge in [-0.3, -0.25) is 0 Å². The summed E-state index contributed by atoms with van der Waals surface area (Å²) in [6.45, 7) is 0.292. The number of fused-ring (bicyclic) bond motifs is 3. The fourth-order valence-electron chi connectivity index (χ4n) is 3.88. The van der Waals surface area contributed by atoms with Crippen LogP contribution in [0.3, 0.4) is 0 Å². The topological polar surface area (TPSA) is 38.7 Å². The van der Waals surface area contributed by atoms with Gasteiger partial charge in [-0.1, -0.05) is 82.7 Å². The molecular formula is C27H21BrO3. The Labute approximate surface area is 189 Å². The second-order valence-electron chi connectivity index (χ2n) is 7.55. The lowest BCUT2D eigenvalue weighted by atomic mass is 10.0. The van der Waals surface area contributed by atoms with E-state index in [0.29, 0.717) is 0 Å². The maximum Gasteiger partial charge on any atom is 0.135 e. The molecule has 0 radical (unpaired) electrons. The summed E-state index contributed by atoms with van der Waals surface area (Å²) in [5.74, 6) is 1.54. The summed E-state index contributed by atoms with van der Waals surface area (Å²) in [6.07, 6.45) is -0.764. The Balaban J connectivity index is 1.37. The van der Waals surface area contributed by atoms with Crippen LogP contribution in [0.4, 0.5) is 0 Å². The van der Waals surface area contributed by atoms with Gasteiger partial charge in [-0.05, 0) is 40.4 Å². The van der Waals surface area contributed by atoms with E-state index in [4.69, 9.17) is 9.47 Å². The smallest absolute Gasteiger partial charge is 0.135 e. The number of aliphatic hydroxyl groups excluding tert-OH is 1. The molecule has 0 bridgehead atoms. The van der Waals surface area contributed by atoms with Gasteiger partial charge in [0.1, 0.15) is 30.8 Å². The van der Waals surface area contributed by atoms with Crippen molar-refractivity contribution in [1.82, 2.24) is 0 Å². The molecule has 0 aromatic heterocycles. The van der Waals surface area contributed by atoms with Crippen molar-refractivity contribution in [2.24, 2.45) is 0 Å². The van der Waals surface area contributed by atoms with Gasteiger partial charge >= 0.3 is 0 Å². The van der Waals surface area contributed by atoms with Crippen molar-refractivity contribution < 1.29 is 14.6 Å². The molecule has 0 aliphatic carbocycles. The Morgan fingerprint density at radius 2 is 1.32 bits per heavy atom. The van der Waals surface area contributed by atoms with Crippen molar-refractivity contribution >= 4 is 48.2 Å². The molecule has 5 aromatic rings. The molecule has 31 heavy (non-hydrogen) atoms. The fraction of sp³-hybridized carbons (Fsp3) is 0.111. The van der Waals surface area contributed by atoms with E-state index < -0.39 is 6.10 Å². The minimum absolute atomic E-state index is 0.139. The molecule has 1 unspecified atom stereocenters. The van der Waals surface area contributed by atoms with Crippen molar-refractivity contribution in [1.29, 1.82) is 0 Å². The average molecular weight is 473 g/mol. The predicted molar refractivity (Wildman–Crippen MR) is 130 cm³/mol. The van der Waals surface area contributed by atoms with E-state index >= 15 is 0 Å². The van der Waals surface area contributed by atoms with Crippen LogP contribution in [-0.2, 0) is 0 Å². The van der Waals surface area contributed by atoms with E-state index in [2.05, 4.69) is 40.2 Å². The summed E-state index contributed by atoms with van der Waals surface area (Å²) in [4.78, 5) is 0. The molecule has 154 valence electrons. The zero-order valence-corrected chi connectivity index (χ0v) is 18.4. The Hall–Kier alpha value is -3.08. The normalized spacial score (nSPS) is 12.3. The van der Waals surface area contributed by atoms with Crippen molar-refractivity contribution in [3.63, 3.8) is 0 Å². The number of ether oxygens (including phenoxy) is 2. The Morgan fingerprint density at radius 1 is 0.645 bits per heavy atom. The van der Waals surface area contributed by atoms with Gasteiger partial charge in [-0.2, -0.15) is 0 Å². The van der Waals surface area contributed by atoms with Crippen LogP contribution < -0.4 is 9.47 Å². The van der Waals surface area contributed by atoms with Crippen molar-refractivity contribution in [2.45, 2.75) is 6.10 Å². The minimum Gasteiger partial charge on any atom is -0.490 e. The number of rotatable bonds is 6. The highest BCUT2D eigenvalue weighted by molar-refractivity contribution is 9.10. The van der Waals surface area contributed by atoms with Crippen molar-refractivity contribution in [3.8, 4) is 11.5 Å². The van der Waals surface area contributed by atoms with Crippen LogP contribution >= 0.6 is 15.9 Å². The molecule has 3 nitrogen and oxygen atoms in total. The summed E-state index contributed by atoms with van der Waals surface area (Å²) in [7, 11) is 0. The van der Waals surface area contributed by atoms with Gasteiger partial charge in [0.25, 0.3) is 0 Å². The highest BCUT2D eigenvalue weighted by Gasteiger charge is 2.13. The lowest BCUT2D eigenvalue weighted by Gasteiger charge is -2.17. The summed E-state index contributed by atoms with van der Waals surface area (Å²) >= 11 is 3.56. The van der Waals surface area contributed by atoms with E-state index in [0.717, 1.165) is 48.3 Å². The first kappa shape index (κ1) is 19.9. The van der Waals surface area contributed by atoms with Crippen molar-refractivity contribution in [2.75, 3.05) is 13.2 Å². The first-order valence-electron chi connectivity index (χ1n) is 10.2. The molecule has 0 saturated heterocycles. The van der Waals surface area contributed by atoms with E-state index in [1.54, 1.807) is 0 Å². The van der Waals surface area contributed by atoms with Crippen LogP contribution in [0.2, 0.25) is 0 Å². The highest BCUT2D eigenvalue weighted by Crippen LogP contribution is 2.36. The number of halogens is 1. The van der Waals surface area contributed by atoms with Gasteiger partial charge in [0.05, 0.1) is 0 Å². The third kappa shape index (κ3) is 4.09. The monoisotopic (exact) mass is 472 g/mol. The van der Waals surface area contributed by atoms with Crippen LogP contribution in [0.25, 0.3) is 32.3 Å². The first-order valence-corrected chi connectivity index (χ1v) is 11.0. The molecule has 5 rings (SSSR count). The molecule has 0 aliphatic rings. The summed E-state index contributed by atoms with van der Waals surface area (Å²) in [5, 5.41) is 17.0. The number of aliphatic hydroxyl groups is 1. The Morgan fingerprint density at radius 3 is 2.19 bits per heavy atom. The highest BCUT2D eigenvalue weighted by atomic mass is 79.9. The van der Waals surface area contributed by atoms with Crippen LogP contribution in [-0.4, -0.2) is 24.4 Å². The van der Waals surface area contributed by atoms with E-state index in [1.165, 1.54) is 0 Å². The SMILES string of the molecule is OC(COc1cccc2ccccc12)COc1c2ccccc2cc2ccc(Br)cc12. The van der Waals surface area contributed by atoms with E-state index in [1.807, 2.05) is 66.7 Å². The van der Waals surface area contributed by atoms with Crippen LogP contribution in [0, 0.1) is 0 Å². The lowest BCUT2D eigenvalue weighted by Crippen LogP contribution is -2.25. The Kier molecular flexibility index (Phi) is 5.49. The quantitative estimate of drug-likeness (QED) is 0.278. The molecule has 1 atom stereocenters. The maximum atomic E-state index is 10.6. The predicted octanol–water partition coefficient (Wildman–Crippen LogP) is 6.73. The van der Waals surface area contributed by atoms with Gasteiger partial charge in [0.2, 0.25) is 0 Å². The molecule has 0 saturated carbocycles. The van der Waals surface area contributed by atoms with Crippen molar-refractivity contribution in [3.05, 3.63) is 95.5 Å². The standard InChI is InChI=1S/C27H21BrO3/c28-21-13-12-20-14-19-7-2-4-10-24(19)27(25(20)15-21)31-17-22(29)16-30-26-11-5-8-18-6-1-3-9-23(18)26/h1-15,22,29H,16-17H2. The third-order valence-corrected chi connectivity index (χ3v) is 5.87. The molecule has 0 amide bonds. The maximum absolute atomic E-state index is 10.6. The summed E-state index contributed by atoms with van der Waals surface area (Å²) in [6, 6.07) is 30.4. The molecule has 0 fully saturated rings. The lowest BCUT2D eigenvalue weighted by molar-refractivity contribution is 0.0642. The number of hydrogen-bond donors (Lipinski definition) is 1. The van der Waals surface area contributed by atoms with E-state index in [-0.39, 0.29) is 13.2 Å². The fourth-order valence-corrected chi connectivity index (χ4v) is 4.25. The third-order valence-electron chi connectivity index (χ3n) is 5.38. The number of hydrogen-bond acceptors (Lipinski definition) is 3. The van der Waals surface area contributed by atoms with Gasteiger partial charge in [0.15, 0.2) is 0 Å². The Bertz CT molecular complexity index is 1370. The zero-order valence-electron chi connectivity index (χ0n) is 16.8. The largest absolute Gasteiger partial charge is 0.490 e. The average Bonchev–Trinajstić information content (AvgIpc) is 2.80. The molecule has 4 heteroatoms. The zero-order chi connectivity index (χ0) is 21.2. The van der Waals surface area contributed by atoms with Crippen LogP contribution in [0.15, 0.2) is 95.5 Å².